The van der Waals surface area contributed by atoms with Crippen LogP contribution < -0.4 is 0 Å². The van der Waals surface area contributed by atoms with Crippen LogP contribution in [0.2, 0.25) is 0 Å². The van der Waals surface area contributed by atoms with E-state index in [0.717, 1.165) is 0 Å². The topological polar surface area (TPSA) is 15.6 Å². The van der Waals surface area contributed by atoms with Crippen molar-refractivity contribution in [3.05, 3.63) is 6.54 Å². The van der Waals surface area contributed by atoms with Crippen molar-refractivity contribution in [2.45, 2.75) is 6.43 Å². The Morgan fingerprint density at radius 3 is 2.67 bits per heavy atom. The minimum Gasteiger partial charge on any atom is -0.294 e. The molecule has 1 unspecified atom stereocenters. The van der Waals surface area contributed by atoms with E-state index in [1.165, 1.54) is 11.6 Å². The molecule has 1 aliphatic rings. The van der Waals surface area contributed by atoms with Gasteiger partial charge in [-0.05, 0) is 0 Å². The Labute approximate surface area is 52.1 Å². The average Bonchev–Trinajstić information content (AvgIpc) is 2.14. The Morgan fingerprint density at radius 1 is 1.78 bits per heavy atom. The van der Waals surface area contributed by atoms with Crippen LogP contribution in [0.3, 0.4) is 0 Å². The molecule has 9 heavy (non-hydrogen) atoms. The number of alkyl halides is 2. The molecule has 2 nitrogen and oxygen atoms in total. The maximum Gasteiger partial charge on any atom is 0.249 e. The number of rotatable bonds is 1. The molecule has 0 aromatic carbocycles. The lowest BCUT2D eigenvalue weighted by Crippen LogP contribution is -2.13. The molecule has 1 heterocycles. The van der Waals surface area contributed by atoms with E-state index < -0.39 is 12.3 Å². The van der Waals surface area contributed by atoms with Crippen LogP contribution in [0.5, 0.6) is 0 Å². The molecule has 0 saturated carbocycles. The van der Waals surface area contributed by atoms with Gasteiger partial charge in [0.05, 0.1) is 18.7 Å². The minimum atomic E-state index is -2.38. The molecule has 1 aliphatic heterocycles. The maximum atomic E-state index is 11.7. The molecular weight excluding hydrogens is 126 g/mol. The molecule has 0 N–H and O–H groups in total. The number of halogens is 2. The third-order valence-electron chi connectivity index (χ3n) is 1.01. The lowest BCUT2D eigenvalue weighted by atomic mass is 10.2. The van der Waals surface area contributed by atoms with Gasteiger partial charge in [-0.2, -0.15) is 5.10 Å². The zero-order chi connectivity index (χ0) is 6.85. The molecule has 0 bridgehead atoms. The van der Waals surface area contributed by atoms with E-state index >= 15 is 0 Å². The normalized spacial score (nSPS) is 26.2. The van der Waals surface area contributed by atoms with Gasteiger partial charge < -0.3 is 0 Å². The molecule has 0 amide bonds. The van der Waals surface area contributed by atoms with Gasteiger partial charge in [-0.1, -0.05) is 0 Å². The van der Waals surface area contributed by atoms with Crippen LogP contribution in [0.1, 0.15) is 0 Å². The van der Waals surface area contributed by atoms with E-state index in [1.54, 1.807) is 7.05 Å². The van der Waals surface area contributed by atoms with Gasteiger partial charge >= 0.3 is 0 Å². The summed E-state index contributed by atoms with van der Waals surface area (Å²) >= 11 is 0. The lowest BCUT2D eigenvalue weighted by molar-refractivity contribution is 0.117. The van der Waals surface area contributed by atoms with Crippen molar-refractivity contribution in [2.75, 3.05) is 7.05 Å². The summed E-state index contributed by atoms with van der Waals surface area (Å²) in [6.07, 6.45) is -0.125. The van der Waals surface area contributed by atoms with Crippen molar-refractivity contribution in [1.29, 1.82) is 0 Å². The molecular formula is C5H6F2N2. The van der Waals surface area contributed by atoms with E-state index in [2.05, 4.69) is 11.3 Å². The molecule has 0 aromatic rings. The number of nitrogens with zero attached hydrogens (tertiary/aromatic N) is 2. The zero-order valence-electron chi connectivity index (χ0n) is 4.88. The highest BCUT2D eigenvalue weighted by molar-refractivity contribution is 5.64. The van der Waals surface area contributed by atoms with Crippen LogP contribution in [-0.2, 0) is 0 Å². The van der Waals surface area contributed by atoms with Gasteiger partial charge in [0.1, 0.15) is 0 Å². The largest absolute Gasteiger partial charge is 0.294 e. The van der Waals surface area contributed by atoms with Crippen molar-refractivity contribution in [2.24, 2.45) is 11.0 Å². The van der Waals surface area contributed by atoms with Crippen LogP contribution >= 0.6 is 0 Å². The third kappa shape index (κ3) is 1.37. The first-order chi connectivity index (χ1) is 4.20. The molecule has 0 spiro atoms. The molecule has 4 heteroatoms. The van der Waals surface area contributed by atoms with Crippen LogP contribution in [-0.4, -0.2) is 24.7 Å². The first-order valence-corrected chi connectivity index (χ1v) is 2.52. The summed E-state index contributed by atoms with van der Waals surface area (Å²) in [7, 11) is 1.59. The fraction of sp³-hybridized carbons (Fsp3) is 0.600. The molecule has 0 aromatic heterocycles. The maximum absolute atomic E-state index is 11.7. The highest BCUT2D eigenvalue weighted by atomic mass is 19.3. The number of hydrogen-bond acceptors (Lipinski definition) is 2. The average molecular weight is 132 g/mol. The molecule has 50 valence electrons. The van der Waals surface area contributed by atoms with Crippen LogP contribution in [0, 0.1) is 12.5 Å². The summed E-state index contributed by atoms with van der Waals surface area (Å²) in [6, 6.07) is 0. The summed E-state index contributed by atoms with van der Waals surface area (Å²) in [5, 5.41) is 4.82. The lowest BCUT2D eigenvalue weighted by Gasteiger charge is -2.06. The smallest absolute Gasteiger partial charge is 0.249 e. The van der Waals surface area contributed by atoms with E-state index in [0.29, 0.717) is 0 Å². The fourth-order valence-electron chi connectivity index (χ4n) is 0.578. The predicted octanol–water partition coefficient (Wildman–Crippen LogP) is 0.838. The first kappa shape index (κ1) is 6.45. The predicted molar refractivity (Wildman–Crippen MR) is 29.0 cm³/mol. The Balaban J connectivity index is 2.41. The minimum absolute atomic E-state index is 0.907. The number of hydrazone groups is 1. The number of hydrogen-bond donors (Lipinski definition) is 0. The monoisotopic (exact) mass is 132 g/mol. The third-order valence-corrected chi connectivity index (χ3v) is 1.01. The Hall–Kier alpha value is -0.670. The van der Waals surface area contributed by atoms with E-state index in [-0.39, 0.29) is 0 Å². The van der Waals surface area contributed by atoms with E-state index in [9.17, 15) is 8.78 Å². The fourth-order valence-corrected chi connectivity index (χ4v) is 0.578. The van der Waals surface area contributed by atoms with Crippen LogP contribution in [0.25, 0.3) is 0 Å². The van der Waals surface area contributed by atoms with Gasteiger partial charge in [-0.25, -0.2) is 8.78 Å². The summed E-state index contributed by atoms with van der Waals surface area (Å²) < 4.78 is 23.5. The highest BCUT2D eigenvalue weighted by Gasteiger charge is 2.25. The van der Waals surface area contributed by atoms with Crippen LogP contribution in [0.4, 0.5) is 8.78 Å². The second-order valence-corrected chi connectivity index (χ2v) is 1.81. The molecule has 0 aliphatic carbocycles. The highest BCUT2D eigenvalue weighted by Crippen LogP contribution is 2.17. The van der Waals surface area contributed by atoms with E-state index in [1.807, 2.05) is 0 Å². The van der Waals surface area contributed by atoms with Crippen molar-refractivity contribution >= 4 is 6.21 Å². The van der Waals surface area contributed by atoms with Crippen molar-refractivity contribution in [3.63, 3.8) is 0 Å². The van der Waals surface area contributed by atoms with Gasteiger partial charge in [0, 0.05) is 7.05 Å². The van der Waals surface area contributed by atoms with Crippen molar-refractivity contribution < 1.29 is 8.78 Å². The Bertz CT molecular complexity index is 124. The van der Waals surface area contributed by atoms with Gasteiger partial charge in [0.2, 0.25) is 6.43 Å². The quantitative estimate of drug-likeness (QED) is 0.516. The molecule has 2 radical (unpaired) electrons. The summed E-state index contributed by atoms with van der Waals surface area (Å²) in [5.74, 6) is -0.907. The summed E-state index contributed by atoms with van der Waals surface area (Å²) in [5.41, 5.74) is 0. The van der Waals surface area contributed by atoms with Gasteiger partial charge in [0.25, 0.3) is 0 Å². The zero-order valence-corrected chi connectivity index (χ0v) is 4.88. The van der Waals surface area contributed by atoms with Crippen LogP contribution in [0.15, 0.2) is 5.10 Å². The van der Waals surface area contributed by atoms with E-state index in [4.69, 9.17) is 0 Å². The molecule has 0 fully saturated rings. The van der Waals surface area contributed by atoms with Crippen molar-refractivity contribution in [1.82, 2.24) is 5.01 Å². The standard InChI is InChI=1S/C5H6F2N2/c1-9-3-4(2-8-9)5(6)7/h3-5H,1H3. The second-order valence-electron chi connectivity index (χ2n) is 1.81. The van der Waals surface area contributed by atoms with Gasteiger partial charge in [-0.15, -0.1) is 0 Å². The Morgan fingerprint density at radius 2 is 2.44 bits per heavy atom. The SMILES string of the molecule is CN1[CH]C(C(F)F)[C]=N1. The van der Waals surface area contributed by atoms with Crippen molar-refractivity contribution in [3.8, 4) is 0 Å². The van der Waals surface area contributed by atoms with Gasteiger partial charge in [-0.3, -0.25) is 5.01 Å². The summed E-state index contributed by atoms with van der Waals surface area (Å²) in [6.45, 7) is 1.32. The molecule has 1 rings (SSSR count). The second kappa shape index (κ2) is 2.29. The summed E-state index contributed by atoms with van der Waals surface area (Å²) in [4.78, 5) is 0. The molecule has 0 saturated heterocycles. The molecule has 1 atom stereocenters. The van der Waals surface area contributed by atoms with Gasteiger partial charge in [0.15, 0.2) is 0 Å². The first-order valence-electron chi connectivity index (χ1n) is 2.52. The Kier molecular flexibility index (Phi) is 1.64.